The van der Waals surface area contributed by atoms with Gasteiger partial charge in [0, 0.05) is 39.3 Å². The second-order valence-electron chi connectivity index (χ2n) is 7.19. The van der Waals surface area contributed by atoms with Crippen molar-refractivity contribution in [3.8, 4) is 0 Å². The Hall–Kier alpha value is -2.40. The van der Waals surface area contributed by atoms with E-state index in [0.29, 0.717) is 18.2 Å². The van der Waals surface area contributed by atoms with E-state index in [4.69, 9.17) is 0 Å². The zero-order valence-electron chi connectivity index (χ0n) is 16.2. The monoisotopic (exact) mass is 368 g/mol. The van der Waals surface area contributed by atoms with Crippen molar-refractivity contribution in [1.82, 2.24) is 15.5 Å². The largest absolute Gasteiger partial charge is 0.354 e. The lowest BCUT2D eigenvalue weighted by Gasteiger charge is -2.33. The van der Waals surface area contributed by atoms with E-state index in [9.17, 15) is 4.39 Å². The molecule has 1 heterocycles. The van der Waals surface area contributed by atoms with Gasteiger partial charge in [-0.3, -0.25) is 9.89 Å². The molecule has 1 fully saturated rings. The first-order valence-electron chi connectivity index (χ1n) is 9.62. The fourth-order valence-corrected chi connectivity index (χ4v) is 3.40. The highest BCUT2D eigenvalue weighted by Gasteiger charge is 2.20. The van der Waals surface area contributed by atoms with Gasteiger partial charge in [-0.15, -0.1) is 0 Å². The molecule has 0 saturated carbocycles. The van der Waals surface area contributed by atoms with Crippen molar-refractivity contribution >= 4 is 5.96 Å². The summed E-state index contributed by atoms with van der Waals surface area (Å²) in [6.07, 6.45) is 2.18. The zero-order valence-corrected chi connectivity index (χ0v) is 16.2. The number of benzene rings is 2. The molecule has 5 heteroatoms. The molecule has 2 aromatic carbocycles. The van der Waals surface area contributed by atoms with Gasteiger partial charge in [-0.2, -0.15) is 0 Å². The predicted octanol–water partition coefficient (Wildman–Crippen LogP) is 3.46. The Labute approximate surface area is 161 Å². The van der Waals surface area contributed by atoms with Crippen molar-refractivity contribution in [2.75, 3.05) is 20.1 Å². The molecule has 0 unspecified atom stereocenters. The van der Waals surface area contributed by atoms with Crippen LogP contribution >= 0.6 is 0 Å². The van der Waals surface area contributed by atoms with Crippen LogP contribution in [0.3, 0.4) is 0 Å². The Morgan fingerprint density at radius 3 is 2.52 bits per heavy atom. The van der Waals surface area contributed by atoms with E-state index in [1.807, 2.05) is 12.1 Å². The van der Waals surface area contributed by atoms with Crippen molar-refractivity contribution in [2.45, 2.75) is 38.9 Å². The number of aliphatic imine (C=N–C) groups is 1. The van der Waals surface area contributed by atoms with E-state index >= 15 is 0 Å². The van der Waals surface area contributed by atoms with Crippen LogP contribution in [-0.4, -0.2) is 37.0 Å². The molecule has 0 aliphatic carbocycles. The van der Waals surface area contributed by atoms with Gasteiger partial charge in [0.15, 0.2) is 5.96 Å². The summed E-state index contributed by atoms with van der Waals surface area (Å²) in [5.41, 5.74) is 2.95. The number of nitrogens with one attached hydrogen (secondary N) is 2. The number of halogens is 1. The van der Waals surface area contributed by atoms with Crippen LogP contribution in [0.2, 0.25) is 0 Å². The number of hydrogen-bond acceptors (Lipinski definition) is 2. The molecule has 3 rings (SSSR count). The number of nitrogens with zero attached hydrogens (tertiary/aromatic N) is 2. The Morgan fingerprint density at radius 1 is 1.11 bits per heavy atom. The summed E-state index contributed by atoms with van der Waals surface area (Å²) in [7, 11) is 1.77. The summed E-state index contributed by atoms with van der Waals surface area (Å²) in [5.74, 6) is 0.612. The smallest absolute Gasteiger partial charge is 0.191 e. The normalized spacial score (nSPS) is 16.3. The third-order valence-corrected chi connectivity index (χ3v) is 5.10. The summed E-state index contributed by atoms with van der Waals surface area (Å²) in [4.78, 5) is 6.81. The summed E-state index contributed by atoms with van der Waals surface area (Å²) in [6, 6.07) is 16.4. The average Bonchev–Trinajstić information content (AvgIpc) is 2.70. The molecule has 2 N–H and O–H groups in total. The van der Waals surface area contributed by atoms with Gasteiger partial charge >= 0.3 is 0 Å². The second kappa shape index (κ2) is 9.51. The van der Waals surface area contributed by atoms with Gasteiger partial charge in [0.1, 0.15) is 5.82 Å². The molecule has 0 radical (unpaired) electrons. The molecule has 144 valence electrons. The van der Waals surface area contributed by atoms with Gasteiger partial charge in [-0.05, 0) is 42.5 Å². The maximum atomic E-state index is 13.7. The number of guanidine groups is 1. The highest BCUT2D eigenvalue weighted by atomic mass is 19.1. The van der Waals surface area contributed by atoms with Crippen LogP contribution in [0, 0.1) is 12.7 Å². The zero-order chi connectivity index (χ0) is 19.1. The van der Waals surface area contributed by atoms with Crippen LogP contribution in [0.5, 0.6) is 0 Å². The number of piperidine rings is 1. The minimum atomic E-state index is -0.164. The molecule has 0 amide bonds. The average molecular weight is 369 g/mol. The fourth-order valence-electron chi connectivity index (χ4n) is 3.40. The molecular formula is C22H29FN4. The number of likely N-dealkylation sites (tertiary alicyclic amines) is 1. The Balaban J connectivity index is 1.43. The first-order valence-corrected chi connectivity index (χ1v) is 9.62. The summed E-state index contributed by atoms with van der Waals surface area (Å²) in [6.45, 7) is 5.50. The molecule has 4 nitrogen and oxygen atoms in total. The Morgan fingerprint density at radius 2 is 1.85 bits per heavy atom. The Bertz CT molecular complexity index is 752. The quantitative estimate of drug-likeness (QED) is 0.627. The molecule has 0 atom stereocenters. The van der Waals surface area contributed by atoms with Crippen LogP contribution in [0.1, 0.15) is 29.5 Å². The number of rotatable bonds is 5. The number of hydrogen-bond donors (Lipinski definition) is 2. The van der Waals surface area contributed by atoms with Crippen molar-refractivity contribution in [2.24, 2.45) is 4.99 Å². The standard InChI is InChI=1S/C22H29FN4/c1-17-8-9-19(14-21(17)23)15-25-22(24-2)26-20-10-12-27(13-11-20)16-18-6-4-3-5-7-18/h3-9,14,20H,10-13,15-16H2,1-2H3,(H2,24,25,26). The maximum absolute atomic E-state index is 13.7. The van der Waals surface area contributed by atoms with E-state index in [1.165, 1.54) is 5.56 Å². The van der Waals surface area contributed by atoms with Gasteiger partial charge in [-0.1, -0.05) is 42.5 Å². The van der Waals surface area contributed by atoms with Crippen molar-refractivity contribution in [3.63, 3.8) is 0 Å². The molecule has 0 bridgehead atoms. The van der Waals surface area contributed by atoms with Crippen LogP contribution in [0.15, 0.2) is 53.5 Å². The van der Waals surface area contributed by atoms with Crippen molar-refractivity contribution in [3.05, 3.63) is 71.0 Å². The lowest BCUT2D eigenvalue weighted by Crippen LogP contribution is -2.48. The molecular weight excluding hydrogens is 339 g/mol. The molecule has 0 aromatic heterocycles. The van der Waals surface area contributed by atoms with Gasteiger partial charge in [0.2, 0.25) is 0 Å². The van der Waals surface area contributed by atoms with Gasteiger partial charge in [0.05, 0.1) is 0 Å². The molecule has 2 aromatic rings. The molecule has 1 aliphatic heterocycles. The van der Waals surface area contributed by atoms with Gasteiger partial charge in [0.25, 0.3) is 0 Å². The summed E-state index contributed by atoms with van der Waals surface area (Å²) >= 11 is 0. The van der Waals surface area contributed by atoms with Crippen LogP contribution in [0.25, 0.3) is 0 Å². The lowest BCUT2D eigenvalue weighted by molar-refractivity contribution is 0.198. The predicted molar refractivity (Wildman–Crippen MR) is 109 cm³/mol. The first-order chi connectivity index (χ1) is 13.1. The maximum Gasteiger partial charge on any atom is 0.191 e. The summed E-state index contributed by atoms with van der Waals surface area (Å²) in [5, 5.41) is 6.79. The van der Waals surface area contributed by atoms with Crippen molar-refractivity contribution < 1.29 is 4.39 Å². The minimum absolute atomic E-state index is 0.164. The first kappa shape index (κ1) is 19.4. The van der Waals surface area contributed by atoms with Gasteiger partial charge in [-0.25, -0.2) is 4.39 Å². The third-order valence-electron chi connectivity index (χ3n) is 5.10. The van der Waals surface area contributed by atoms with E-state index < -0.39 is 0 Å². The summed E-state index contributed by atoms with van der Waals surface area (Å²) < 4.78 is 13.7. The van der Waals surface area contributed by atoms with Crippen LogP contribution in [-0.2, 0) is 13.1 Å². The SMILES string of the molecule is CN=C(NCc1ccc(C)c(F)c1)NC1CCN(Cc2ccccc2)CC1. The fraction of sp³-hybridized carbons (Fsp3) is 0.409. The lowest BCUT2D eigenvalue weighted by atomic mass is 10.0. The topological polar surface area (TPSA) is 39.7 Å². The van der Waals surface area contributed by atoms with Gasteiger partial charge < -0.3 is 10.6 Å². The highest BCUT2D eigenvalue weighted by molar-refractivity contribution is 5.79. The third kappa shape index (κ3) is 5.79. The number of aryl methyl sites for hydroxylation is 1. The van der Waals surface area contributed by atoms with E-state index in [1.54, 1.807) is 20.0 Å². The second-order valence-corrected chi connectivity index (χ2v) is 7.19. The van der Waals surface area contributed by atoms with E-state index in [2.05, 4.69) is 50.9 Å². The molecule has 0 spiro atoms. The molecule has 1 saturated heterocycles. The van der Waals surface area contributed by atoms with Crippen molar-refractivity contribution in [1.29, 1.82) is 0 Å². The minimum Gasteiger partial charge on any atom is -0.354 e. The van der Waals surface area contributed by atoms with Crippen LogP contribution < -0.4 is 10.6 Å². The molecule has 27 heavy (non-hydrogen) atoms. The highest BCUT2D eigenvalue weighted by Crippen LogP contribution is 2.14. The Kier molecular flexibility index (Phi) is 6.82. The van der Waals surface area contributed by atoms with Crippen LogP contribution in [0.4, 0.5) is 4.39 Å². The van der Waals surface area contributed by atoms with E-state index in [-0.39, 0.29) is 5.82 Å². The molecule has 1 aliphatic rings. The van der Waals surface area contributed by atoms with E-state index in [0.717, 1.165) is 44.0 Å².